The summed E-state index contributed by atoms with van der Waals surface area (Å²) in [6.07, 6.45) is 16.7. The van der Waals surface area contributed by atoms with Gasteiger partial charge in [0.25, 0.3) is 0 Å². The summed E-state index contributed by atoms with van der Waals surface area (Å²) in [5.41, 5.74) is 0. The smallest absolute Gasteiger partial charge is 0.307 e. The molecule has 0 radical (unpaired) electrons. The van der Waals surface area contributed by atoms with Crippen LogP contribution in [0.3, 0.4) is 0 Å². The number of carbonyl (C=O) groups is 1. The number of Topliss-reactive ketones (excluding diaryl/α,β-unsaturated/α-hetero) is 1. The van der Waals surface area contributed by atoms with E-state index in [4.69, 9.17) is 9.05 Å². The lowest BCUT2D eigenvalue weighted by atomic mass is 9.96. The van der Waals surface area contributed by atoms with Crippen molar-refractivity contribution in [2.24, 2.45) is 5.92 Å². The van der Waals surface area contributed by atoms with Crippen molar-refractivity contribution in [3.05, 3.63) is 0 Å². The lowest BCUT2D eigenvalue weighted by Crippen LogP contribution is -2.18. The van der Waals surface area contributed by atoms with Gasteiger partial charge in [0.05, 0.1) is 13.2 Å². The number of carbonyl (C=O) groups excluding carboxylic acids is 1. The zero-order valence-corrected chi connectivity index (χ0v) is 21.0. The maximum Gasteiger partial charge on any atom is 0.472 e. The van der Waals surface area contributed by atoms with E-state index in [2.05, 4.69) is 6.92 Å². The fraction of sp³-hybridized carbons (Fsp3) is 0.957. The van der Waals surface area contributed by atoms with Crippen molar-refractivity contribution in [1.82, 2.24) is 4.90 Å². The number of hydrogen-bond acceptors (Lipinski definition) is 5. The molecule has 7 heteroatoms. The van der Waals surface area contributed by atoms with E-state index in [-0.39, 0.29) is 24.9 Å². The molecule has 0 saturated heterocycles. The molecule has 0 aliphatic rings. The minimum absolute atomic E-state index is 0.0245. The normalized spacial score (nSPS) is 14.7. The van der Waals surface area contributed by atoms with Gasteiger partial charge in [-0.15, -0.1) is 0 Å². The van der Waals surface area contributed by atoms with E-state index in [0.717, 1.165) is 19.3 Å². The van der Waals surface area contributed by atoms with Crippen LogP contribution in [-0.2, 0) is 18.4 Å². The van der Waals surface area contributed by atoms with Crippen molar-refractivity contribution in [3.8, 4) is 0 Å². The van der Waals surface area contributed by atoms with Crippen molar-refractivity contribution >= 4 is 13.6 Å². The van der Waals surface area contributed by atoms with Crippen molar-refractivity contribution in [1.29, 1.82) is 0 Å². The Labute approximate surface area is 185 Å². The first-order chi connectivity index (χ1) is 14.3. The van der Waals surface area contributed by atoms with E-state index in [1.807, 2.05) is 19.0 Å². The van der Waals surface area contributed by atoms with E-state index in [0.29, 0.717) is 13.0 Å². The second-order valence-corrected chi connectivity index (χ2v) is 10.3. The lowest BCUT2D eigenvalue weighted by Gasteiger charge is -2.19. The summed E-state index contributed by atoms with van der Waals surface area (Å²) in [5.74, 6) is 0.0624. The molecule has 0 aliphatic heterocycles. The quantitative estimate of drug-likeness (QED) is 0.153. The average Bonchev–Trinajstić information content (AvgIpc) is 2.66. The second-order valence-electron chi connectivity index (χ2n) is 8.85. The molecule has 2 unspecified atom stereocenters. The van der Waals surface area contributed by atoms with Crippen LogP contribution in [0.15, 0.2) is 0 Å². The number of ketones is 1. The first kappa shape index (κ1) is 29.7. The third-order valence-corrected chi connectivity index (χ3v) is 6.29. The van der Waals surface area contributed by atoms with Crippen LogP contribution in [-0.4, -0.2) is 49.4 Å². The van der Waals surface area contributed by atoms with Crippen LogP contribution in [0.2, 0.25) is 0 Å². The van der Waals surface area contributed by atoms with Crippen LogP contribution < -0.4 is 0 Å². The number of unbranched alkanes of at least 4 members (excludes halogenated alkanes) is 11. The zero-order valence-electron chi connectivity index (χ0n) is 20.1. The van der Waals surface area contributed by atoms with Gasteiger partial charge in [0.15, 0.2) is 0 Å². The Balaban J connectivity index is 3.87. The van der Waals surface area contributed by atoms with Gasteiger partial charge in [-0.3, -0.25) is 9.05 Å². The summed E-state index contributed by atoms with van der Waals surface area (Å²) < 4.78 is 22.1. The zero-order chi connectivity index (χ0) is 22.7. The topological polar surface area (TPSA) is 76.1 Å². The van der Waals surface area contributed by atoms with Gasteiger partial charge in [0.1, 0.15) is 5.78 Å². The molecule has 6 nitrogen and oxygen atoms in total. The van der Waals surface area contributed by atoms with Crippen LogP contribution in [0.1, 0.15) is 104 Å². The highest BCUT2D eigenvalue weighted by Gasteiger charge is 2.23. The standard InChI is InChI=1S/C23H48NO5P/c1-5-6-7-8-9-10-11-12-13-14-15-16-17-23(20-22(2)25)21-29-30(26,27)28-19-18-24(3)4/h23H,5-21H2,1-4H3,(H,26,27). The van der Waals surface area contributed by atoms with Gasteiger partial charge < -0.3 is 14.6 Å². The summed E-state index contributed by atoms with van der Waals surface area (Å²) in [6, 6.07) is 0. The molecule has 180 valence electrons. The maximum absolute atomic E-state index is 12.0. The third-order valence-electron chi connectivity index (χ3n) is 5.31. The van der Waals surface area contributed by atoms with Crippen LogP contribution in [0.4, 0.5) is 0 Å². The number of phosphoric acid groups is 1. The van der Waals surface area contributed by atoms with Gasteiger partial charge in [0, 0.05) is 13.0 Å². The minimum Gasteiger partial charge on any atom is -0.307 e. The number of hydrogen-bond donors (Lipinski definition) is 1. The molecule has 0 fully saturated rings. The summed E-state index contributed by atoms with van der Waals surface area (Å²) >= 11 is 0. The number of likely N-dealkylation sites (N-methyl/N-ethyl adjacent to an activating group) is 1. The summed E-state index contributed by atoms with van der Waals surface area (Å²) in [4.78, 5) is 23.2. The highest BCUT2D eigenvalue weighted by molar-refractivity contribution is 7.47. The van der Waals surface area contributed by atoms with Crippen LogP contribution in [0, 0.1) is 5.92 Å². The molecule has 0 heterocycles. The first-order valence-electron chi connectivity index (χ1n) is 12.0. The van der Waals surface area contributed by atoms with Crippen molar-refractivity contribution in [3.63, 3.8) is 0 Å². The minimum atomic E-state index is -4.05. The fourth-order valence-electron chi connectivity index (χ4n) is 3.50. The molecular weight excluding hydrogens is 401 g/mol. The monoisotopic (exact) mass is 449 g/mol. The molecule has 0 aromatic heterocycles. The Bertz CT molecular complexity index is 459. The molecule has 0 rings (SSSR count). The van der Waals surface area contributed by atoms with Crippen LogP contribution in [0.25, 0.3) is 0 Å². The van der Waals surface area contributed by atoms with E-state index in [9.17, 15) is 14.3 Å². The highest BCUT2D eigenvalue weighted by Crippen LogP contribution is 2.43. The highest BCUT2D eigenvalue weighted by atomic mass is 31.2. The molecule has 0 aliphatic carbocycles. The van der Waals surface area contributed by atoms with Gasteiger partial charge in [-0.2, -0.15) is 0 Å². The van der Waals surface area contributed by atoms with Crippen molar-refractivity contribution < 1.29 is 23.3 Å². The Kier molecular flexibility index (Phi) is 19.3. The van der Waals surface area contributed by atoms with Gasteiger partial charge in [-0.1, -0.05) is 84.0 Å². The summed E-state index contributed by atoms with van der Waals surface area (Å²) in [6.45, 7) is 4.58. The first-order valence-corrected chi connectivity index (χ1v) is 13.5. The second kappa shape index (κ2) is 19.4. The van der Waals surface area contributed by atoms with Gasteiger partial charge >= 0.3 is 7.82 Å². The Morgan fingerprint density at radius 1 is 0.900 bits per heavy atom. The third kappa shape index (κ3) is 21.0. The molecule has 1 N–H and O–H groups in total. The number of phosphoric ester groups is 1. The SMILES string of the molecule is CCCCCCCCCCCCCCC(COP(=O)(O)OCCN(C)C)CC(C)=O. The summed E-state index contributed by atoms with van der Waals surface area (Å²) in [5, 5.41) is 0. The average molecular weight is 450 g/mol. The molecule has 0 spiro atoms. The largest absolute Gasteiger partial charge is 0.472 e. The van der Waals surface area contributed by atoms with Gasteiger partial charge in [0.2, 0.25) is 0 Å². The molecular formula is C23H48NO5P. The lowest BCUT2D eigenvalue weighted by molar-refractivity contribution is -0.118. The van der Waals surface area contributed by atoms with E-state index in [1.54, 1.807) is 6.92 Å². The van der Waals surface area contributed by atoms with Crippen LogP contribution in [0.5, 0.6) is 0 Å². The summed E-state index contributed by atoms with van der Waals surface area (Å²) in [7, 11) is -0.324. The molecule has 2 atom stereocenters. The van der Waals surface area contributed by atoms with Crippen LogP contribution >= 0.6 is 7.82 Å². The van der Waals surface area contributed by atoms with E-state index < -0.39 is 7.82 Å². The Hall–Kier alpha value is -0.260. The molecule has 0 aromatic rings. The fourth-order valence-corrected chi connectivity index (χ4v) is 4.29. The van der Waals surface area contributed by atoms with Gasteiger partial charge in [-0.05, 0) is 33.4 Å². The van der Waals surface area contributed by atoms with E-state index in [1.165, 1.54) is 64.2 Å². The Morgan fingerprint density at radius 2 is 1.40 bits per heavy atom. The predicted molar refractivity (Wildman–Crippen MR) is 125 cm³/mol. The van der Waals surface area contributed by atoms with E-state index >= 15 is 0 Å². The molecule has 0 saturated carbocycles. The molecule has 0 aromatic carbocycles. The van der Waals surface area contributed by atoms with Crippen molar-refractivity contribution in [2.75, 3.05) is 33.9 Å². The Morgan fingerprint density at radius 3 is 1.87 bits per heavy atom. The number of rotatable bonds is 22. The van der Waals surface area contributed by atoms with Gasteiger partial charge in [-0.25, -0.2) is 4.57 Å². The molecule has 30 heavy (non-hydrogen) atoms. The molecule has 0 amide bonds. The molecule has 0 bridgehead atoms. The number of nitrogens with zero attached hydrogens (tertiary/aromatic N) is 1. The maximum atomic E-state index is 12.0. The predicted octanol–water partition coefficient (Wildman–Crippen LogP) is 6.37. The van der Waals surface area contributed by atoms with Crippen molar-refractivity contribution in [2.45, 2.75) is 104 Å².